The van der Waals surface area contributed by atoms with Crippen molar-refractivity contribution in [3.8, 4) is 0 Å². The largest absolute Gasteiger partial charge is 0.435 e. The van der Waals surface area contributed by atoms with Crippen molar-refractivity contribution in [2.45, 2.75) is 38.7 Å². The van der Waals surface area contributed by atoms with Crippen molar-refractivity contribution < 1.29 is 9.53 Å². The van der Waals surface area contributed by atoms with Gasteiger partial charge < -0.3 is 15.8 Å². The summed E-state index contributed by atoms with van der Waals surface area (Å²) in [5.74, 6) is 0. The van der Waals surface area contributed by atoms with Crippen LogP contribution in [0.2, 0.25) is 0 Å². The van der Waals surface area contributed by atoms with Crippen molar-refractivity contribution in [1.29, 1.82) is 0 Å². The van der Waals surface area contributed by atoms with Gasteiger partial charge in [-0.05, 0) is 23.5 Å². The Morgan fingerprint density at radius 1 is 1.42 bits per heavy atom. The number of ether oxygens (including phenoxy) is 1. The molecule has 4 nitrogen and oxygen atoms in total. The van der Waals surface area contributed by atoms with E-state index in [1.165, 1.54) is 5.56 Å². The number of benzene rings is 1. The average Bonchev–Trinajstić information content (AvgIpc) is 2.71. The third kappa shape index (κ3) is 2.45. The van der Waals surface area contributed by atoms with Crippen LogP contribution in [0.5, 0.6) is 0 Å². The van der Waals surface area contributed by atoms with Crippen molar-refractivity contribution in [2.75, 3.05) is 13.1 Å². The average molecular weight is 262 g/mol. The van der Waals surface area contributed by atoms with Crippen LogP contribution >= 0.6 is 0 Å². The molecular formula is C15H22N2O2. The van der Waals surface area contributed by atoms with E-state index < -0.39 is 11.7 Å². The number of hydrogen-bond donors (Lipinski definition) is 2. The first-order valence-electron chi connectivity index (χ1n) is 6.57. The number of carbonyl (C=O) groups is 1. The maximum Gasteiger partial charge on any atom is 0.408 e. The van der Waals surface area contributed by atoms with Crippen LogP contribution in [0.15, 0.2) is 18.2 Å². The molecule has 1 unspecified atom stereocenters. The molecule has 0 aliphatic carbocycles. The SMILES string of the molecule is Cc1ccc(C(C)(C)C)cc1C1(CN)CNC(=O)O1. The van der Waals surface area contributed by atoms with E-state index in [4.69, 9.17) is 10.5 Å². The number of nitrogens with one attached hydrogen (secondary N) is 1. The van der Waals surface area contributed by atoms with Gasteiger partial charge in [0.15, 0.2) is 5.60 Å². The zero-order valence-electron chi connectivity index (χ0n) is 12.0. The summed E-state index contributed by atoms with van der Waals surface area (Å²) in [5.41, 5.74) is 8.50. The van der Waals surface area contributed by atoms with Gasteiger partial charge in [-0.25, -0.2) is 4.79 Å². The second-order valence-electron chi connectivity index (χ2n) is 6.22. The fourth-order valence-electron chi connectivity index (χ4n) is 2.42. The maximum absolute atomic E-state index is 11.4. The van der Waals surface area contributed by atoms with E-state index in [9.17, 15) is 4.79 Å². The van der Waals surface area contributed by atoms with Crippen LogP contribution in [0, 0.1) is 6.92 Å². The zero-order chi connectivity index (χ0) is 14.3. The molecule has 0 saturated carbocycles. The Labute approximate surface area is 114 Å². The summed E-state index contributed by atoms with van der Waals surface area (Å²) in [5, 5.41) is 2.70. The lowest BCUT2D eigenvalue weighted by atomic mass is 9.81. The van der Waals surface area contributed by atoms with E-state index in [2.05, 4.69) is 44.3 Å². The molecule has 1 aliphatic heterocycles. The number of carbonyl (C=O) groups excluding carboxylic acids is 1. The number of hydrogen-bond acceptors (Lipinski definition) is 3. The molecule has 3 N–H and O–H groups in total. The van der Waals surface area contributed by atoms with E-state index in [1.54, 1.807) is 0 Å². The van der Waals surface area contributed by atoms with Crippen LogP contribution < -0.4 is 11.1 Å². The molecule has 0 spiro atoms. The van der Waals surface area contributed by atoms with Gasteiger partial charge in [-0.2, -0.15) is 0 Å². The molecule has 1 aromatic rings. The third-order valence-corrected chi connectivity index (χ3v) is 3.73. The second-order valence-corrected chi connectivity index (χ2v) is 6.22. The summed E-state index contributed by atoms with van der Waals surface area (Å²) in [4.78, 5) is 11.4. The van der Waals surface area contributed by atoms with E-state index in [-0.39, 0.29) is 12.0 Å². The number of amides is 1. The number of rotatable bonds is 2. The molecule has 19 heavy (non-hydrogen) atoms. The lowest BCUT2D eigenvalue weighted by Crippen LogP contribution is -2.39. The van der Waals surface area contributed by atoms with Gasteiger partial charge in [-0.1, -0.05) is 39.0 Å². The first kappa shape index (κ1) is 13.9. The smallest absolute Gasteiger partial charge is 0.408 e. The fourth-order valence-corrected chi connectivity index (χ4v) is 2.42. The van der Waals surface area contributed by atoms with E-state index in [1.807, 2.05) is 6.92 Å². The Kier molecular flexibility index (Phi) is 3.31. The van der Waals surface area contributed by atoms with Crippen LogP contribution in [0.25, 0.3) is 0 Å². The molecule has 2 rings (SSSR count). The van der Waals surface area contributed by atoms with Crippen LogP contribution in [0.3, 0.4) is 0 Å². The van der Waals surface area contributed by atoms with Gasteiger partial charge in [0.1, 0.15) is 0 Å². The van der Waals surface area contributed by atoms with Crippen molar-refractivity contribution in [2.24, 2.45) is 5.73 Å². The highest BCUT2D eigenvalue weighted by Gasteiger charge is 2.42. The van der Waals surface area contributed by atoms with E-state index >= 15 is 0 Å². The Balaban J connectivity index is 2.51. The highest BCUT2D eigenvalue weighted by molar-refractivity contribution is 5.71. The normalized spacial score (nSPS) is 23.1. The minimum Gasteiger partial charge on any atom is -0.435 e. The van der Waals surface area contributed by atoms with Gasteiger partial charge in [0.05, 0.1) is 6.54 Å². The molecular weight excluding hydrogens is 240 g/mol. The van der Waals surface area contributed by atoms with Crippen LogP contribution in [0.4, 0.5) is 4.79 Å². The van der Waals surface area contributed by atoms with Gasteiger partial charge in [0.25, 0.3) is 0 Å². The lowest BCUT2D eigenvalue weighted by Gasteiger charge is -2.29. The maximum atomic E-state index is 11.4. The summed E-state index contributed by atoms with van der Waals surface area (Å²) in [6, 6.07) is 6.30. The highest BCUT2D eigenvalue weighted by Crippen LogP contribution is 2.34. The van der Waals surface area contributed by atoms with Crippen molar-refractivity contribution in [3.05, 3.63) is 34.9 Å². The predicted octanol–water partition coefficient (Wildman–Crippen LogP) is 2.19. The molecule has 1 aromatic carbocycles. The second kappa shape index (κ2) is 4.53. The van der Waals surface area contributed by atoms with Gasteiger partial charge >= 0.3 is 6.09 Å². The van der Waals surface area contributed by atoms with Crippen molar-refractivity contribution >= 4 is 6.09 Å². The van der Waals surface area contributed by atoms with Crippen LogP contribution in [-0.2, 0) is 15.8 Å². The number of cyclic esters (lactones) is 1. The molecule has 1 heterocycles. The summed E-state index contributed by atoms with van der Waals surface area (Å²) < 4.78 is 5.46. The van der Waals surface area contributed by atoms with Gasteiger partial charge in [0.2, 0.25) is 0 Å². The van der Waals surface area contributed by atoms with Crippen molar-refractivity contribution in [3.63, 3.8) is 0 Å². The Morgan fingerprint density at radius 3 is 2.58 bits per heavy atom. The monoisotopic (exact) mass is 262 g/mol. The fraction of sp³-hybridized carbons (Fsp3) is 0.533. The molecule has 4 heteroatoms. The minimum atomic E-state index is -0.734. The van der Waals surface area contributed by atoms with Gasteiger partial charge in [-0.3, -0.25) is 0 Å². The molecule has 0 radical (unpaired) electrons. The van der Waals surface area contributed by atoms with Crippen LogP contribution in [-0.4, -0.2) is 19.2 Å². The van der Waals surface area contributed by atoms with Crippen LogP contribution in [0.1, 0.15) is 37.5 Å². The van der Waals surface area contributed by atoms with E-state index in [0.717, 1.165) is 11.1 Å². The first-order chi connectivity index (χ1) is 8.78. The standard InChI is InChI=1S/C15H22N2O2/c1-10-5-6-11(14(2,3)4)7-12(10)15(8-16)9-17-13(18)19-15/h5-7H,8-9,16H2,1-4H3,(H,17,18). The van der Waals surface area contributed by atoms with E-state index in [0.29, 0.717) is 6.54 Å². The molecule has 0 aromatic heterocycles. The van der Waals surface area contributed by atoms with Gasteiger partial charge in [-0.15, -0.1) is 0 Å². The Hall–Kier alpha value is -1.55. The first-order valence-corrected chi connectivity index (χ1v) is 6.57. The Bertz CT molecular complexity index is 505. The third-order valence-electron chi connectivity index (χ3n) is 3.73. The minimum absolute atomic E-state index is 0.0499. The lowest BCUT2D eigenvalue weighted by molar-refractivity contribution is 0.0611. The number of aryl methyl sites for hydroxylation is 1. The molecule has 0 bridgehead atoms. The molecule has 1 amide bonds. The van der Waals surface area contributed by atoms with Gasteiger partial charge in [0, 0.05) is 12.1 Å². The molecule has 1 saturated heterocycles. The summed E-state index contributed by atoms with van der Waals surface area (Å²) in [6.45, 7) is 9.21. The summed E-state index contributed by atoms with van der Waals surface area (Å²) in [7, 11) is 0. The molecule has 1 fully saturated rings. The molecule has 1 atom stereocenters. The predicted molar refractivity (Wildman–Crippen MR) is 75.1 cm³/mol. The topological polar surface area (TPSA) is 64.3 Å². The number of alkyl carbamates (subject to hydrolysis) is 1. The highest BCUT2D eigenvalue weighted by atomic mass is 16.6. The summed E-state index contributed by atoms with van der Waals surface area (Å²) in [6.07, 6.45) is -0.397. The molecule has 104 valence electrons. The Morgan fingerprint density at radius 2 is 2.11 bits per heavy atom. The molecule has 1 aliphatic rings. The number of nitrogens with two attached hydrogens (primary N) is 1. The van der Waals surface area contributed by atoms with Crippen molar-refractivity contribution in [1.82, 2.24) is 5.32 Å². The summed E-state index contributed by atoms with van der Waals surface area (Å²) >= 11 is 0. The quantitative estimate of drug-likeness (QED) is 0.858. The zero-order valence-corrected chi connectivity index (χ0v) is 12.0.